The summed E-state index contributed by atoms with van der Waals surface area (Å²) < 4.78 is 21.3. The molecule has 11 N–H and O–H groups in total. The van der Waals surface area contributed by atoms with Gasteiger partial charge in [-0.2, -0.15) is 0 Å². The van der Waals surface area contributed by atoms with Crippen LogP contribution in [0.25, 0.3) is 0 Å². The highest BCUT2D eigenvalue weighted by Crippen LogP contribution is 2.24. The molecular formula is C51H87N7O19S2. The van der Waals surface area contributed by atoms with E-state index in [-0.39, 0.29) is 135 Å². The van der Waals surface area contributed by atoms with Crippen molar-refractivity contribution in [3.63, 3.8) is 0 Å². The zero-order valence-corrected chi connectivity index (χ0v) is 47.3. The van der Waals surface area contributed by atoms with Gasteiger partial charge in [0.05, 0.1) is 64.8 Å². The Morgan fingerprint density at radius 3 is 1.48 bits per heavy atom. The Balaban J connectivity index is 2.06. The Morgan fingerprint density at radius 2 is 0.975 bits per heavy atom. The molecule has 452 valence electrons. The van der Waals surface area contributed by atoms with Crippen molar-refractivity contribution in [2.45, 2.75) is 166 Å². The minimum atomic E-state index is -1.41. The molecule has 0 aromatic heterocycles. The van der Waals surface area contributed by atoms with Gasteiger partial charge >= 0.3 is 23.9 Å². The van der Waals surface area contributed by atoms with Gasteiger partial charge in [-0.1, -0.05) is 98.6 Å². The van der Waals surface area contributed by atoms with Gasteiger partial charge in [-0.3, -0.25) is 53.8 Å². The van der Waals surface area contributed by atoms with E-state index in [1.54, 1.807) is 0 Å². The topological polar surface area (TPSA) is 390 Å². The molecule has 5 amide bonds. The van der Waals surface area contributed by atoms with Crippen LogP contribution in [0.3, 0.4) is 0 Å². The summed E-state index contributed by atoms with van der Waals surface area (Å²) in [6.07, 6.45) is 13.7. The number of rotatable bonds is 49. The Hall–Kier alpha value is -4.97. The molecule has 28 heteroatoms. The van der Waals surface area contributed by atoms with Gasteiger partial charge < -0.3 is 66.0 Å². The van der Waals surface area contributed by atoms with Crippen LogP contribution in [0.15, 0.2) is 0 Å². The monoisotopic (exact) mass is 1170 g/mol. The van der Waals surface area contributed by atoms with E-state index in [4.69, 9.17) is 24.1 Å². The van der Waals surface area contributed by atoms with E-state index >= 15 is 0 Å². The first-order valence-corrected chi connectivity index (χ1v) is 29.8. The van der Waals surface area contributed by atoms with Crippen molar-refractivity contribution in [3.05, 3.63) is 0 Å². The zero-order valence-electron chi connectivity index (χ0n) is 45.7. The van der Waals surface area contributed by atoms with Gasteiger partial charge in [-0.05, 0) is 32.6 Å². The number of aliphatic carboxylic acids is 4. The van der Waals surface area contributed by atoms with Crippen molar-refractivity contribution in [2.75, 3.05) is 90.5 Å². The number of ketones is 2. The molecule has 5 atom stereocenters. The Bertz CT molecular complexity index is 1850. The number of hydrogen-bond acceptors (Lipinski definition) is 19. The van der Waals surface area contributed by atoms with Crippen LogP contribution in [-0.2, 0) is 71.7 Å². The third-order valence-corrected chi connectivity index (χ3v) is 14.5. The number of amides is 5. The molecule has 79 heavy (non-hydrogen) atoms. The number of nitrogens with one attached hydrogen (secondary N) is 7. The fourth-order valence-corrected chi connectivity index (χ4v) is 9.94. The molecule has 0 unspecified atom stereocenters. The van der Waals surface area contributed by atoms with Crippen molar-refractivity contribution < 1.29 is 92.1 Å². The second-order valence-corrected chi connectivity index (χ2v) is 21.4. The van der Waals surface area contributed by atoms with Crippen molar-refractivity contribution in [1.29, 1.82) is 0 Å². The number of carbonyl (C=O) groups is 11. The average molecular weight is 1170 g/mol. The molecule has 1 rings (SSSR count). The van der Waals surface area contributed by atoms with Gasteiger partial charge in [-0.25, -0.2) is 9.59 Å². The lowest BCUT2D eigenvalue weighted by atomic mass is 10.0. The molecule has 0 saturated carbocycles. The number of ether oxygens (including phenoxy) is 4. The molecule has 0 aromatic carbocycles. The summed E-state index contributed by atoms with van der Waals surface area (Å²) in [6.45, 7) is 1.50. The Kier molecular flexibility index (Phi) is 42.6. The predicted molar refractivity (Wildman–Crippen MR) is 292 cm³/mol. The van der Waals surface area contributed by atoms with E-state index in [0.29, 0.717) is 12.2 Å². The summed E-state index contributed by atoms with van der Waals surface area (Å²) in [5.41, 5.74) is 0. The number of carbonyl (C=O) groups excluding carboxylic acids is 7. The number of carboxylic acid groups (broad SMARTS) is 4. The van der Waals surface area contributed by atoms with Gasteiger partial charge in [0.2, 0.25) is 29.5 Å². The lowest BCUT2D eigenvalue weighted by Gasteiger charge is -2.18. The lowest BCUT2D eigenvalue weighted by Crippen LogP contribution is -2.50. The van der Waals surface area contributed by atoms with E-state index in [2.05, 4.69) is 37.2 Å². The molecule has 1 saturated heterocycles. The third-order valence-electron chi connectivity index (χ3n) is 12.1. The molecule has 26 nitrogen and oxygen atoms in total. The van der Waals surface area contributed by atoms with Crippen LogP contribution in [-0.4, -0.2) is 206 Å². The standard InChI is InChI=1S/C51H87N7O19S2/c1-36(41(59)30-54-39-34-78-79-35-40(51(72)73)55-31-42(39)60)56-47(65)33-77-29-27-75-25-23-53-46(64)32-76-28-26-74-24-22-52-43(61)20-18-37(49(68)69)58-45(63)21-19-38(50(70)71)57-44(62)16-14-12-10-8-6-4-2-3-5-7-9-11-13-15-17-48(66)67/h36-40,54-55H,2-35H2,1H3,(H,52,61)(H,53,64)(H,56,65)(H,57,62)(H,58,63)(H,66,67)(H,68,69)(H,70,71)(H,72,73)/t36-,37-,38-,39-,40-/m0/s1. The first-order valence-electron chi connectivity index (χ1n) is 27.3. The number of unbranched alkanes of at least 4 members (excludes halogenated alkanes) is 13. The Labute approximate surface area is 470 Å². The van der Waals surface area contributed by atoms with E-state index in [1.807, 2.05) is 0 Å². The van der Waals surface area contributed by atoms with Crippen molar-refractivity contribution in [2.24, 2.45) is 0 Å². The molecule has 1 aliphatic heterocycles. The Morgan fingerprint density at radius 1 is 0.532 bits per heavy atom. The molecule has 0 spiro atoms. The highest BCUT2D eigenvalue weighted by molar-refractivity contribution is 8.76. The highest BCUT2D eigenvalue weighted by atomic mass is 33.1. The summed E-state index contributed by atoms with van der Waals surface area (Å²) in [4.78, 5) is 132. The summed E-state index contributed by atoms with van der Waals surface area (Å²) in [5.74, 6) is -7.09. The van der Waals surface area contributed by atoms with Gasteiger partial charge in [0.15, 0.2) is 11.6 Å². The summed E-state index contributed by atoms with van der Waals surface area (Å²) in [7, 11) is 2.65. The summed E-state index contributed by atoms with van der Waals surface area (Å²) in [5, 5.41) is 55.2. The maximum atomic E-state index is 12.6. The fraction of sp³-hybridized carbons (Fsp3) is 0.784. The number of hydrogen-bond donors (Lipinski definition) is 11. The molecule has 0 bridgehead atoms. The van der Waals surface area contributed by atoms with Crippen LogP contribution >= 0.6 is 21.6 Å². The molecule has 0 aliphatic carbocycles. The second-order valence-electron chi connectivity index (χ2n) is 18.9. The van der Waals surface area contributed by atoms with Crippen LogP contribution in [0.5, 0.6) is 0 Å². The molecule has 1 fully saturated rings. The van der Waals surface area contributed by atoms with Crippen molar-refractivity contribution in [3.8, 4) is 0 Å². The van der Waals surface area contributed by atoms with Gasteiger partial charge in [-0.15, -0.1) is 0 Å². The normalized spacial score (nSPS) is 15.7. The molecule has 0 aromatic rings. The van der Waals surface area contributed by atoms with Crippen molar-refractivity contribution in [1.82, 2.24) is 37.2 Å². The van der Waals surface area contributed by atoms with Gasteiger partial charge in [0.25, 0.3) is 0 Å². The van der Waals surface area contributed by atoms with Crippen LogP contribution in [0, 0.1) is 0 Å². The smallest absolute Gasteiger partial charge is 0.326 e. The minimum absolute atomic E-state index is 0.0669. The maximum Gasteiger partial charge on any atom is 0.326 e. The zero-order chi connectivity index (χ0) is 58.5. The van der Waals surface area contributed by atoms with E-state index < -0.39 is 83.6 Å². The predicted octanol–water partition coefficient (Wildman–Crippen LogP) is 1.35. The SMILES string of the molecule is C[C@H](NC(=O)COCCOCCNC(=O)COCCOCCNC(=O)CC[C@H](NC(=O)CC[C@H](NC(=O)CCCCCCCCCCCCCCCCC(=O)O)C(=O)O)C(=O)O)C(=O)CN[C@H]1CSSC[C@@H](C(=O)O)NCC1=O. The average Bonchev–Trinajstić information content (AvgIpc) is 3.49. The maximum absolute atomic E-state index is 12.6. The molecule has 1 heterocycles. The van der Waals surface area contributed by atoms with E-state index in [0.717, 1.165) is 57.8 Å². The number of Topliss-reactive ketones (excluding diaryl/α,β-unsaturated/α-hetero) is 2. The molecule has 1 aliphatic rings. The van der Waals surface area contributed by atoms with Crippen LogP contribution < -0.4 is 37.2 Å². The number of carboxylic acids is 4. The third kappa shape index (κ3) is 40.8. The largest absolute Gasteiger partial charge is 0.481 e. The second kappa shape index (κ2) is 46.7. The summed E-state index contributed by atoms with van der Waals surface area (Å²) >= 11 is 0. The van der Waals surface area contributed by atoms with E-state index in [9.17, 15) is 68.1 Å². The van der Waals surface area contributed by atoms with Crippen LogP contribution in [0.2, 0.25) is 0 Å². The highest BCUT2D eigenvalue weighted by Gasteiger charge is 2.27. The first-order chi connectivity index (χ1) is 37.9. The molecule has 0 radical (unpaired) electrons. The van der Waals surface area contributed by atoms with Crippen molar-refractivity contribution >= 4 is 86.6 Å². The quantitative estimate of drug-likeness (QED) is 0.0302. The fourth-order valence-electron chi connectivity index (χ4n) is 7.52. The molecular weight excluding hydrogens is 1080 g/mol. The minimum Gasteiger partial charge on any atom is -0.481 e. The summed E-state index contributed by atoms with van der Waals surface area (Å²) in [6, 6.07) is -5.12. The first kappa shape index (κ1) is 72.0. The lowest BCUT2D eigenvalue weighted by molar-refractivity contribution is -0.143. The van der Waals surface area contributed by atoms with Crippen LogP contribution in [0.1, 0.15) is 135 Å². The van der Waals surface area contributed by atoms with Crippen LogP contribution in [0.4, 0.5) is 0 Å². The van der Waals surface area contributed by atoms with E-state index in [1.165, 1.54) is 54.2 Å². The van der Waals surface area contributed by atoms with Gasteiger partial charge in [0.1, 0.15) is 31.3 Å². The van der Waals surface area contributed by atoms with Gasteiger partial charge in [0, 0.05) is 50.3 Å².